The molecule has 6 rings (SSSR count). The van der Waals surface area contributed by atoms with Crippen molar-refractivity contribution in [3.8, 4) is 0 Å². The van der Waals surface area contributed by atoms with Crippen LogP contribution in [0.15, 0.2) is 60.7 Å². The smallest absolute Gasteiger partial charge is 0.414 e. The van der Waals surface area contributed by atoms with Gasteiger partial charge in [0.1, 0.15) is 11.4 Å². The minimum absolute atomic E-state index is 0.266. The van der Waals surface area contributed by atoms with E-state index in [1.165, 1.54) is 48.5 Å². The van der Waals surface area contributed by atoms with E-state index in [4.69, 9.17) is 9.72 Å². The molecule has 0 radical (unpaired) electrons. The highest BCUT2D eigenvalue weighted by atomic mass is 16.6. The summed E-state index contributed by atoms with van der Waals surface area (Å²) in [5.41, 5.74) is 4.52. The summed E-state index contributed by atoms with van der Waals surface area (Å²) in [6.45, 7) is 12.7. The number of hydrogen-bond acceptors (Lipinski definition) is 5. The summed E-state index contributed by atoms with van der Waals surface area (Å²) in [5, 5.41) is 0. The third kappa shape index (κ3) is 6.42. The average Bonchev–Trinajstić information content (AvgIpc) is 3.40. The fraction of sp³-hybridized carbons (Fsp3) is 0.543. The van der Waals surface area contributed by atoms with Crippen molar-refractivity contribution in [3.05, 3.63) is 83.4 Å². The van der Waals surface area contributed by atoms with Crippen molar-refractivity contribution in [3.63, 3.8) is 0 Å². The van der Waals surface area contributed by atoms with Gasteiger partial charge >= 0.3 is 6.09 Å². The molecular formula is C35H47N5O2. The number of hydrogen-bond donors (Lipinski definition) is 0. The Hall–Kier alpha value is -3.16. The van der Waals surface area contributed by atoms with Gasteiger partial charge in [-0.25, -0.2) is 9.78 Å². The van der Waals surface area contributed by atoms with Crippen LogP contribution in [0.1, 0.15) is 81.7 Å². The second-order valence-corrected chi connectivity index (χ2v) is 13.4. The number of carbonyl (C=O) groups is 1. The van der Waals surface area contributed by atoms with E-state index in [-0.39, 0.29) is 6.09 Å². The van der Waals surface area contributed by atoms with Crippen LogP contribution < -0.4 is 4.90 Å². The predicted molar refractivity (Wildman–Crippen MR) is 168 cm³/mol. The van der Waals surface area contributed by atoms with Crippen molar-refractivity contribution in [2.75, 3.05) is 24.5 Å². The van der Waals surface area contributed by atoms with Gasteiger partial charge in [0, 0.05) is 68.7 Å². The minimum Gasteiger partial charge on any atom is -0.443 e. The topological polar surface area (TPSA) is 53.8 Å². The average molecular weight is 570 g/mol. The maximum atomic E-state index is 13.1. The number of imidazole rings is 1. The molecule has 4 heterocycles. The van der Waals surface area contributed by atoms with E-state index in [1.807, 2.05) is 56.0 Å². The highest BCUT2D eigenvalue weighted by molar-refractivity contribution is 5.87. The van der Waals surface area contributed by atoms with Gasteiger partial charge in [-0.3, -0.25) is 14.7 Å². The zero-order valence-electron chi connectivity index (χ0n) is 25.8. The fourth-order valence-electron chi connectivity index (χ4n) is 7.54. The zero-order chi connectivity index (χ0) is 29.3. The second kappa shape index (κ2) is 12.2. The van der Waals surface area contributed by atoms with Crippen molar-refractivity contribution in [1.82, 2.24) is 19.4 Å². The molecule has 224 valence electrons. The van der Waals surface area contributed by atoms with E-state index >= 15 is 0 Å². The maximum Gasteiger partial charge on any atom is 0.414 e. The molecule has 3 atom stereocenters. The third-order valence-corrected chi connectivity index (χ3v) is 9.26. The van der Waals surface area contributed by atoms with Crippen molar-refractivity contribution in [1.29, 1.82) is 0 Å². The molecule has 3 aliphatic rings. The highest BCUT2D eigenvalue weighted by Crippen LogP contribution is 2.42. The number of para-hydroxylation sites is 1. The summed E-state index contributed by atoms with van der Waals surface area (Å²) in [7, 11) is 0. The van der Waals surface area contributed by atoms with Crippen molar-refractivity contribution in [2.24, 2.45) is 0 Å². The monoisotopic (exact) mass is 569 g/mol. The number of anilines is 1. The van der Waals surface area contributed by atoms with Crippen LogP contribution in [0.4, 0.5) is 10.5 Å². The lowest BCUT2D eigenvalue weighted by Crippen LogP contribution is -2.45. The molecule has 2 fully saturated rings. The van der Waals surface area contributed by atoms with Gasteiger partial charge in [-0.1, -0.05) is 48.5 Å². The molecule has 2 saturated heterocycles. The molecule has 7 heteroatoms. The largest absolute Gasteiger partial charge is 0.443 e. The summed E-state index contributed by atoms with van der Waals surface area (Å²) in [6.07, 6.45) is 6.69. The molecule has 1 unspecified atom stereocenters. The van der Waals surface area contributed by atoms with Crippen LogP contribution in [0.5, 0.6) is 0 Å². The standard InChI is InChI=1S/C35H47N5O2/c1-26-36-32-25-37(24-27-12-7-5-8-13-27)21-18-33(32)40(26)31-22-29-16-17-30(23-31)38(29)19-11-20-39(28-14-9-6-10-15-28)34(41)42-35(2,3)4/h5-10,12-15,29-31H,11,16-25H2,1-4H3/t29-,30+,31?. The molecule has 0 saturated carbocycles. The van der Waals surface area contributed by atoms with E-state index in [9.17, 15) is 4.79 Å². The highest BCUT2D eigenvalue weighted by Gasteiger charge is 2.42. The summed E-state index contributed by atoms with van der Waals surface area (Å²) in [5.74, 6) is 1.19. The molecule has 0 N–H and O–H groups in total. The molecule has 3 aromatic rings. The number of benzene rings is 2. The number of aromatic nitrogens is 2. The first-order chi connectivity index (χ1) is 20.2. The van der Waals surface area contributed by atoms with Crippen molar-refractivity contribution < 1.29 is 9.53 Å². The van der Waals surface area contributed by atoms with Crippen LogP contribution in [0.25, 0.3) is 0 Å². The van der Waals surface area contributed by atoms with E-state index in [2.05, 4.69) is 51.6 Å². The van der Waals surface area contributed by atoms with Crippen LogP contribution in [0.3, 0.4) is 0 Å². The molecule has 7 nitrogen and oxygen atoms in total. The molecule has 42 heavy (non-hydrogen) atoms. The number of aryl methyl sites for hydroxylation is 1. The lowest BCUT2D eigenvalue weighted by Gasteiger charge is -2.41. The van der Waals surface area contributed by atoms with Crippen LogP contribution in [0.2, 0.25) is 0 Å². The number of fused-ring (bicyclic) bond motifs is 3. The molecule has 2 bridgehead atoms. The molecule has 0 spiro atoms. The summed E-state index contributed by atoms with van der Waals surface area (Å²) < 4.78 is 8.38. The van der Waals surface area contributed by atoms with Gasteiger partial charge < -0.3 is 9.30 Å². The van der Waals surface area contributed by atoms with Crippen molar-refractivity contribution >= 4 is 11.8 Å². The SMILES string of the molecule is Cc1nc2c(n1C1C[C@H]3CC[C@@H](C1)N3CCCN(C(=O)OC(C)(C)C)c1ccccc1)CCN(Cc1ccccc1)C2. The molecular weight excluding hydrogens is 522 g/mol. The molecule has 0 aliphatic carbocycles. The lowest BCUT2D eigenvalue weighted by atomic mass is 9.95. The first-order valence-electron chi connectivity index (χ1n) is 15.9. The zero-order valence-corrected chi connectivity index (χ0v) is 25.8. The normalized spacial score (nSPS) is 22.6. The van der Waals surface area contributed by atoms with Gasteiger partial charge in [0.05, 0.1) is 5.69 Å². The molecule has 1 amide bonds. The Labute approximate surface area is 251 Å². The van der Waals surface area contributed by atoms with E-state index in [0.717, 1.165) is 44.7 Å². The number of piperidine rings is 1. The van der Waals surface area contributed by atoms with Gasteiger partial charge in [0.25, 0.3) is 0 Å². The number of carbonyl (C=O) groups excluding carboxylic acids is 1. The first kappa shape index (κ1) is 28.9. The Morgan fingerprint density at radius 2 is 1.64 bits per heavy atom. The van der Waals surface area contributed by atoms with Gasteiger partial charge in [0.15, 0.2) is 0 Å². The Morgan fingerprint density at radius 3 is 2.31 bits per heavy atom. The number of rotatable bonds is 8. The van der Waals surface area contributed by atoms with E-state index in [0.29, 0.717) is 24.7 Å². The number of ether oxygens (including phenoxy) is 1. The number of nitrogens with zero attached hydrogens (tertiary/aromatic N) is 5. The van der Waals surface area contributed by atoms with Gasteiger partial charge in [-0.2, -0.15) is 0 Å². The van der Waals surface area contributed by atoms with Crippen molar-refractivity contribution in [2.45, 2.75) is 103 Å². The van der Waals surface area contributed by atoms with Crippen LogP contribution in [-0.2, 0) is 24.2 Å². The molecule has 1 aromatic heterocycles. The fourth-order valence-corrected chi connectivity index (χ4v) is 7.54. The van der Waals surface area contributed by atoms with Gasteiger partial charge in [-0.15, -0.1) is 0 Å². The Bertz CT molecular complexity index is 1330. The van der Waals surface area contributed by atoms with Crippen LogP contribution in [-0.4, -0.2) is 62.8 Å². The molecule has 3 aliphatic heterocycles. The van der Waals surface area contributed by atoms with Gasteiger partial charge in [-0.05, 0) is 77.5 Å². The Balaban J connectivity index is 1.08. The first-order valence-corrected chi connectivity index (χ1v) is 15.9. The summed E-state index contributed by atoms with van der Waals surface area (Å²) in [6, 6.07) is 22.5. The van der Waals surface area contributed by atoms with E-state index in [1.54, 1.807) is 0 Å². The summed E-state index contributed by atoms with van der Waals surface area (Å²) in [4.78, 5) is 25.3. The number of amides is 1. The van der Waals surface area contributed by atoms with Crippen LogP contribution in [0, 0.1) is 6.92 Å². The lowest BCUT2D eigenvalue weighted by molar-refractivity contribution is 0.0575. The Kier molecular flexibility index (Phi) is 8.42. The van der Waals surface area contributed by atoms with Crippen LogP contribution >= 0.6 is 0 Å². The van der Waals surface area contributed by atoms with E-state index < -0.39 is 5.60 Å². The Morgan fingerprint density at radius 1 is 0.976 bits per heavy atom. The second-order valence-electron chi connectivity index (χ2n) is 13.4. The maximum absolute atomic E-state index is 13.1. The van der Waals surface area contributed by atoms with Gasteiger partial charge in [0.2, 0.25) is 0 Å². The third-order valence-electron chi connectivity index (χ3n) is 9.26. The molecule has 2 aromatic carbocycles. The quantitative estimate of drug-likeness (QED) is 0.300. The summed E-state index contributed by atoms with van der Waals surface area (Å²) >= 11 is 0. The minimum atomic E-state index is -0.518. The predicted octanol–water partition coefficient (Wildman–Crippen LogP) is 6.75.